The predicted molar refractivity (Wildman–Crippen MR) is 182 cm³/mol. The summed E-state index contributed by atoms with van der Waals surface area (Å²) in [5.41, 5.74) is 2.83. The fourth-order valence-corrected chi connectivity index (χ4v) is 6.49. The van der Waals surface area contributed by atoms with E-state index < -0.39 is 28.5 Å². The van der Waals surface area contributed by atoms with Gasteiger partial charge in [0.25, 0.3) is 10.0 Å². The first-order valence-electron chi connectivity index (χ1n) is 15.6. The summed E-state index contributed by atoms with van der Waals surface area (Å²) in [6.45, 7) is 7.45. The highest BCUT2D eigenvalue weighted by Gasteiger charge is 2.35. The monoisotopic (exact) mass is 641 g/mol. The van der Waals surface area contributed by atoms with E-state index in [2.05, 4.69) is 5.32 Å². The largest absolute Gasteiger partial charge is 0.492 e. The standard InChI is InChI=1S/C37H43N3O5S/c1-5-29(4)38-37(42)34(25-30-15-9-7-10-16-30)39(26-31-17-11-8-12-18-31)36(41)27-40(33-19-13-14-20-35(33)45-6-2)46(43,44)32-23-21-28(3)22-24-32/h7-24,29,34H,5-6,25-27H2,1-4H3,(H,38,42)/t29-,34+/m1/s1. The normalized spacial score (nSPS) is 12.5. The number of rotatable bonds is 15. The minimum atomic E-state index is -4.24. The lowest BCUT2D eigenvalue weighted by molar-refractivity contribution is -0.140. The second-order valence-electron chi connectivity index (χ2n) is 11.3. The second kappa shape index (κ2) is 16.1. The summed E-state index contributed by atoms with van der Waals surface area (Å²) in [7, 11) is -4.24. The van der Waals surface area contributed by atoms with Crippen molar-refractivity contribution in [2.75, 3.05) is 17.5 Å². The van der Waals surface area contributed by atoms with E-state index in [4.69, 9.17) is 4.74 Å². The van der Waals surface area contributed by atoms with Crippen LogP contribution in [0.25, 0.3) is 0 Å². The van der Waals surface area contributed by atoms with Crippen LogP contribution in [0.2, 0.25) is 0 Å². The van der Waals surface area contributed by atoms with Gasteiger partial charge in [-0.05, 0) is 62.6 Å². The maximum atomic E-state index is 14.6. The zero-order valence-corrected chi connectivity index (χ0v) is 27.7. The number of hydrogen-bond donors (Lipinski definition) is 1. The van der Waals surface area contributed by atoms with Gasteiger partial charge < -0.3 is 15.0 Å². The van der Waals surface area contributed by atoms with Crippen LogP contribution in [-0.2, 0) is 32.6 Å². The Morgan fingerprint density at radius 2 is 1.39 bits per heavy atom. The van der Waals surface area contributed by atoms with Gasteiger partial charge in [-0.1, -0.05) is 97.4 Å². The molecule has 0 unspecified atom stereocenters. The maximum Gasteiger partial charge on any atom is 0.264 e. The van der Waals surface area contributed by atoms with Crippen LogP contribution in [-0.4, -0.2) is 50.4 Å². The molecule has 4 aromatic rings. The molecule has 0 aliphatic rings. The van der Waals surface area contributed by atoms with Crippen molar-refractivity contribution in [2.24, 2.45) is 0 Å². The number of ether oxygens (including phenoxy) is 1. The molecule has 8 nitrogen and oxygen atoms in total. The quantitative estimate of drug-likeness (QED) is 0.168. The third kappa shape index (κ3) is 8.75. The number of anilines is 1. The molecule has 2 atom stereocenters. The molecule has 242 valence electrons. The lowest BCUT2D eigenvalue weighted by Crippen LogP contribution is -2.54. The second-order valence-corrected chi connectivity index (χ2v) is 13.1. The summed E-state index contributed by atoms with van der Waals surface area (Å²) >= 11 is 0. The van der Waals surface area contributed by atoms with Crippen LogP contribution in [0.5, 0.6) is 5.75 Å². The Balaban J connectivity index is 1.83. The van der Waals surface area contributed by atoms with Crippen LogP contribution in [0.4, 0.5) is 5.69 Å². The highest BCUT2D eigenvalue weighted by Crippen LogP contribution is 2.33. The first-order valence-corrected chi connectivity index (χ1v) is 17.1. The van der Waals surface area contributed by atoms with Gasteiger partial charge in [0.05, 0.1) is 17.2 Å². The molecule has 0 bridgehead atoms. The Morgan fingerprint density at radius 3 is 2.00 bits per heavy atom. The third-order valence-electron chi connectivity index (χ3n) is 7.79. The van der Waals surface area contributed by atoms with E-state index in [9.17, 15) is 18.0 Å². The van der Waals surface area contributed by atoms with Crippen molar-refractivity contribution in [3.05, 3.63) is 126 Å². The molecule has 2 amide bonds. The van der Waals surface area contributed by atoms with Crippen LogP contribution < -0.4 is 14.4 Å². The maximum absolute atomic E-state index is 14.6. The highest BCUT2D eigenvalue weighted by molar-refractivity contribution is 7.92. The van der Waals surface area contributed by atoms with Crippen molar-refractivity contribution in [3.63, 3.8) is 0 Å². The first-order chi connectivity index (χ1) is 22.1. The number of carbonyl (C=O) groups excluding carboxylic acids is 2. The number of nitrogens with one attached hydrogen (secondary N) is 1. The summed E-state index contributed by atoms with van der Waals surface area (Å²) in [5, 5.41) is 3.06. The molecule has 1 N–H and O–H groups in total. The van der Waals surface area contributed by atoms with Gasteiger partial charge in [-0.2, -0.15) is 0 Å². The van der Waals surface area contributed by atoms with E-state index in [-0.39, 0.29) is 35.5 Å². The van der Waals surface area contributed by atoms with Crippen molar-refractivity contribution in [2.45, 2.75) is 64.1 Å². The fraction of sp³-hybridized carbons (Fsp3) is 0.297. The molecule has 4 rings (SSSR count). The Hall–Kier alpha value is -4.63. The molecule has 0 aliphatic carbocycles. The van der Waals surface area contributed by atoms with E-state index in [1.165, 1.54) is 17.0 Å². The minimum Gasteiger partial charge on any atom is -0.492 e. The molecule has 0 saturated heterocycles. The average molecular weight is 642 g/mol. The molecule has 4 aromatic carbocycles. The Morgan fingerprint density at radius 1 is 0.804 bits per heavy atom. The van der Waals surface area contributed by atoms with E-state index >= 15 is 0 Å². The van der Waals surface area contributed by atoms with Crippen LogP contribution >= 0.6 is 0 Å². The van der Waals surface area contributed by atoms with Crippen LogP contribution in [0.1, 0.15) is 43.9 Å². The lowest BCUT2D eigenvalue weighted by Gasteiger charge is -2.34. The van der Waals surface area contributed by atoms with Gasteiger partial charge in [0.2, 0.25) is 11.8 Å². The number of carbonyl (C=O) groups is 2. The van der Waals surface area contributed by atoms with Gasteiger partial charge in [0.1, 0.15) is 18.3 Å². The van der Waals surface area contributed by atoms with Crippen molar-refractivity contribution in [1.82, 2.24) is 10.2 Å². The summed E-state index contributed by atoms with van der Waals surface area (Å²) in [6, 6.07) is 31.2. The molecular weight excluding hydrogens is 598 g/mol. The van der Waals surface area contributed by atoms with Gasteiger partial charge >= 0.3 is 0 Å². The molecule has 0 aliphatic heterocycles. The number of nitrogens with zero attached hydrogens (tertiary/aromatic N) is 2. The molecule has 9 heteroatoms. The van der Waals surface area contributed by atoms with Crippen molar-refractivity contribution in [3.8, 4) is 5.75 Å². The topological polar surface area (TPSA) is 96.0 Å². The number of para-hydroxylation sites is 2. The molecule has 0 heterocycles. The molecule has 0 spiro atoms. The summed E-state index contributed by atoms with van der Waals surface area (Å²) in [4.78, 5) is 30.1. The summed E-state index contributed by atoms with van der Waals surface area (Å²) < 4.78 is 35.6. The van der Waals surface area contributed by atoms with Gasteiger partial charge in [0.15, 0.2) is 0 Å². The molecule has 0 aromatic heterocycles. The lowest BCUT2D eigenvalue weighted by atomic mass is 10.0. The number of aryl methyl sites for hydroxylation is 1. The number of amides is 2. The fourth-order valence-electron chi connectivity index (χ4n) is 5.07. The van der Waals surface area contributed by atoms with Crippen molar-refractivity contribution < 1.29 is 22.7 Å². The highest BCUT2D eigenvalue weighted by atomic mass is 32.2. The van der Waals surface area contributed by atoms with Crippen LogP contribution in [0.15, 0.2) is 114 Å². The summed E-state index contributed by atoms with van der Waals surface area (Å²) in [6.07, 6.45) is 0.967. The average Bonchev–Trinajstić information content (AvgIpc) is 3.06. The van der Waals surface area contributed by atoms with Gasteiger partial charge in [-0.25, -0.2) is 8.42 Å². The number of sulfonamides is 1. The SMILES string of the molecule is CCOc1ccccc1N(CC(=O)N(Cc1ccccc1)[C@@H](Cc1ccccc1)C(=O)N[C@H](C)CC)S(=O)(=O)c1ccc(C)cc1. The van der Waals surface area contributed by atoms with E-state index in [0.29, 0.717) is 18.8 Å². The van der Waals surface area contributed by atoms with Crippen molar-refractivity contribution >= 4 is 27.5 Å². The van der Waals surface area contributed by atoms with Crippen molar-refractivity contribution in [1.29, 1.82) is 0 Å². The van der Waals surface area contributed by atoms with Gasteiger partial charge in [-0.15, -0.1) is 0 Å². The van der Waals surface area contributed by atoms with E-state index in [0.717, 1.165) is 21.0 Å². The molecule has 0 fully saturated rings. The molecule has 0 radical (unpaired) electrons. The zero-order valence-electron chi connectivity index (χ0n) is 26.9. The smallest absolute Gasteiger partial charge is 0.264 e. The van der Waals surface area contributed by atoms with E-state index in [1.54, 1.807) is 36.4 Å². The van der Waals surface area contributed by atoms with Crippen LogP contribution in [0, 0.1) is 6.92 Å². The Kier molecular flexibility index (Phi) is 12.0. The minimum absolute atomic E-state index is 0.0437. The first kappa shape index (κ1) is 34.2. The predicted octanol–water partition coefficient (Wildman–Crippen LogP) is 6.14. The van der Waals surface area contributed by atoms with E-state index in [1.807, 2.05) is 88.4 Å². The molecule has 0 saturated carbocycles. The van der Waals surface area contributed by atoms with Gasteiger partial charge in [0, 0.05) is 19.0 Å². The van der Waals surface area contributed by atoms with Gasteiger partial charge in [-0.3, -0.25) is 13.9 Å². The number of hydrogen-bond acceptors (Lipinski definition) is 5. The molecule has 46 heavy (non-hydrogen) atoms. The third-order valence-corrected chi connectivity index (χ3v) is 9.56. The summed E-state index contributed by atoms with van der Waals surface area (Å²) in [5.74, 6) is -0.491. The van der Waals surface area contributed by atoms with Crippen LogP contribution in [0.3, 0.4) is 0 Å². The Bertz CT molecular complexity index is 1680. The molecular formula is C37H43N3O5S. The number of benzene rings is 4. The Labute approximate surface area is 273 Å². The zero-order chi connectivity index (χ0) is 33.1.